The van der Waals surface area contributed by atoms with Crippen molar-refractivity contribution in [1.82, 2.24) is 4.90 Å². The zero-order chi connectivity index (χ0) is 19.7. The zero-order valence-corrected chi connectivity index (χ0v) is 15.7. The Labute approximate surface area is 163 Å². The van der Waals surface area contributed by atoms with Crippen LogP contribution in [0.25, 0.3) is 0 Å². The van der Waals surface area contributed by atoms with Gasteiger partial charge in [0, 0.05) is 18.8 Å². The van der Waals surface area contributed by atoms with Crippen LogP contribution in [0, 0.1) is 0 Å². The van der Waals surface area contributed by atoms with E-state index in [2.05, 4.69) is 22.2 Å². The number of alkyl halides is 2. The molecule has 4 rings (SSSR count). The third kappa shape index (κ3) is 3.48. The molecule has 0 radical (unpaired) electrons. The van der Waals surface area contributed by atoms with Crippen LogP contribution in [-0.2, 0) is 5.54 Å². The monoisotopic (exact) mass is 386 g/mol. The molecule has 3 N–H and O–H groups in total. The van der Waals surface area contributed by atoms with E-state index < -0.39 is 12.2 Å². The maximum absolute atomic E-state index is 12.5. The highest BCUT2D eigenvalue weighted by molar-refractivity contribution is 5.81. The van der Waals surface area contributed by atoms with E-state index in [9.17, 15) is 8.78 Å². The van der Waals surface area contributed by atoms with Gasteiger partial charge in [0.05, 0.1) is 6.54 Å². The van der Waals surface area contributed by atoms with Crippen molar-refractivity contribution in [3.05, 3.63) is 59.7 Å². The number of nitrogens with zero attached hydrogens (tertiary/aromatic N) is 2. The van der Waals surface area contributed by atoms with Crippen molar-refractivity contribution < 1.29 is 13.5 Å². The first-order valence-corrected chi connectivity index (χ1v) is 9.45. The molecule has 1 heterocycles. The predicted molar refractivity (Wildman–Crippen MR) is 106 cm³/mol. The number of nitrogens with two attached hydrogens (primary N) is 1. The van der Waals surface area contributed by atoms with Gasteiger partial charge in [-0.3, -0.25) is 0 Å². The van der Waals surface area contributed by atoms with E-state index in [4.69, 9.17) is 10.7 Å². The third-order valence-corrected chi connectivity index (χ3v) is 5.54. The first-order valence-electron chi connectivity index (χ1n) is 9.45. The van der Waals surface area contributed by atoms with Crippen molar-refractivity contribution in [2.24, 2.45) is 10.7 Å². The maximum atomic E-state index is 12.5. The number of rotatable bonds is 6. The van der Waals surface area contributed by atoms with E-state index in [0.29, 0.717) is 18.5 Å². The van der Waals surface area contributed by atoms with Crippen molar-refractivity contribution in [2.75, 3.05) is 18.9 Å². The lowest BCUT2D eigenvalue weighted by Gasteiger charge is -2.30. The van der Waals surface area contributed by atoms with Crippen LogP contribution in [0.4, 0.5) is 14.5 Å². The van der Waals surface area contributed by atoms with Crippen molar-refractivity contribution in [1.29, 1.82) is 0 Å². The fourth-order valence-electron chi connectivity index (χ4n) is 3.79. The molecule has 0 aromatic heterocycles. The SMILES string of the molecule is CN1CC(c2ccc(OC(F)F)cc2)(c2cccc(NC3CCC3)c2)N=C1N. The van der Waals surface area contributed by atoms with Gasteiger partial charge in [0.1, 0.15) is 11.3 Å². The van der Waals surface area contributed by atoms with Gasteiger partial charge in [-0.2, -0.15) is 8.78 Å². The Morgan fingerprint density at radius 1 is 1.18 bits per heavy atom. The minimum Gasteiger partial charge on any atom is -0.435 e. The molecule has 28 heavy (non-hydrogen) atoms. The van der Waals surface area contributed by atoms with Crippen LogP contribution in [0.2, 0.25) is 0 Å². The summed E-state index contributed by atoms with van der Waals surface area (Å²) in [5.74, 6) is 0.572. The summed E-state index contributed by atoms with van der Waals surface area (Å²) in [5.41, 5.74) is 8.36. The van der Waals surface area contributed by atoms with Crippen LogP contribution in [0.5, 0.6) is 5.75 Å². The molecule has 1 atom stereocenters. The summed E-state index contributed by atoms with van der Waals surface area (Å²) in [6.07, 6.45) is 3.64. The summed E-state index contributed by atoms with van der Waals surface area (Å²) in [5, 5.41) is 3.57. The van der Waals surface area contributed by atoms with Crippen LogP contribution in [0.3, 0.4) is 0 Å². The normalized spacial score (nSPS) is 22.1. The Balaban J connectivity index is 1.70. The molecular formula is C21H24F2N4O. The first kappa shape index (κ1) is 18.5. The van der Waals surface area contributed by atoms with E-state index in [0.717, 1.165) is 16.8 Å². The molecule has 1 fully saturated rings. The fourth-order valence-corrected chi connectivity index (χ4v) is 3.79. The number of nitrogens with one attached hydrogen (secondary N) is 1. The molecule has 2 aromatic rings. The van der Waals surface area contributed by atoms with Crippen LogP contribution in [-0.4, -0.2) is 37.1 Å². The topological polar surface area (TPSA) is 62.9 Å². The molecule has 148 valence electrons. The molecule has 1 aliphatic carbocycles. The maximum Gasteiger partial charge on any atom is 0.387 e. The average Bonchev–Trinajstić information content (AvgIpc) is 2.95. The molecule has 1 unspecified atom stereocenters. The van der Waals surface area contributed by atoms with Crippen LogP contribution < -0.4 is 15.8 Å². The highest BCUT2D eigenvalue weighted by atomic mass is 19.3. The molecule has 7 heteroatoms. The Morgan fingerprint density at radius 3 is 2.50 bits per heavy atom. The molecule has 2 aliphatic rings. The number of anilines is 1. The Morgan fingerprint density at radius 2 is 1.93 bits per heavy atom. The molecule has 5 nitrogen and oxygen atoms in total. The van der Waals surface area contributed by atoms with Crippen molar-refractivity contribution in [3.8, 4) is 5.75 Å². The summed E-state index contributed by atoms with van der Waals surface area (Å²) < 4.78 is 29.4. The van der Waals surface area contributed by atoms with Crippen molar-refractivity contribution >= 4 is 11.6 Å². The Hall–Kier alpha value is -2.83. The van der Waals surface area contributed by atoms with E-state index in [-0.39, 0.29) is 5.75 Å². The average molecular weight is 386 g/mol. The van der Waals surface area contributed by atoms with Crippen LogP contribution in [0.15, 0.2) is 53.5 Å². The molecule has 2 aromatic carbocycles. The second-order valence-electron chi connectivity index (χ2n) is 7.44. The molecule has 0 spiro atoms. The fraction of sp³-hybridized carbons (Fsp3) is 0.381. The van der Waals surface area contributed by atoms with Gasteiger partial charge in [-0.15, -0.1) is 0 Å². The van der Waals surface area contributed by atoms with E-state index >= 15 is 0 Å². The number of hydrogen-bond donors (Lipinski definition) is 2. The van der Waals surface area contributed by atoms with Gasteiger partial charge in [0.25, 0.3) is 0 Å². The van der Waals surface area contributed by atoms with Crippen LogP contribution >= 0.6 is 0 Å². The molecule has 1 saturated carbocycles. The number of likely N-dealkylation sites (N-methyl/N-ethyl adjacent to an activating group) is 1. The summed E-state index contributed by atoms with van der Waals surface area (Å²) in [6, 6.07) is 15.4. The molecule has 0 saturated heterocycles. The van der Waals surface area contributed by atoms with Gasteiger partial charge in [-0.05, 0) is 54.7 Å². The predicted octanol–water partition coefficient (Wildman–Crippen LogP) is 3.76. The van der Waals surface area contributed by atoms with Crippen molar-refractivity contribution in [2.45, 2.75) is 37.5 Å². The second-order valence-corrected chi connectivity index (χ2v) is 7.44. The lowest BCUT2D eigenvalue weighted by atomic mass is 9.83. The van der Waals surface area contributed by atoms with Gasteiger partial charge in [-0.1, -0.05) is 24.3 Å². The summed E-state index contributed by atoms with van der Waals surface area (Å²) in [4.78, 5) is 6.69. The van der Waals surface area contributed by atoms with Gasteiger partial charge < -0.3 is 20.7 Å². The van der Waals surface area contributed by atoms with E-state index in [1.54, 1.807) is 24.3 Å². The second kappa shape index (κ2) is 7.30. The number of benzene rings is 2. The molecule has 1 aliphatic heterocycles. The van der Waals surface area contributed by atoms with E-state index in [1.807, 2.05) is 24.1 Å². The van der Waals surface area contributed by atoms with Gasteiger partial charge in [0.2, 0.25) is 0 Å². The van der Waals surface area contributed by atoms with Gasteiger partial charge in [-0.25, -0.2) is 4.99 Å². The lowest BCUT2D eigenvalue weighted by Crippen LogP contribution is -2.35. The first-order chi connectivity index (χ1) is 13.5. The quantitative estimate of drug-likeness (QED) is 0.794. The number of halogens is 2. The van der Waals surface area contributed by atoms with Gasteiger partial charge >= 0.3 is 6.61 Å². The number of aliphatic imine (C=N–C) groups is 1. The van der Waals surface area contributed by atoms with Gasteiger partial charge in [0.15, 0.2) is 5.96 Å². The third-order valence-electron chi connectivity index (χ3n) is 5.54. The Kier molecular flexibility index (Phi) is 4.83. The van der Waals surface area contributed by atoms with E-state index in [1.165, 1.54) is 19.3 Å². The largest absolute Gasteiger partial charge is 0.435 e. The number of hydrogen-bond acceptors (Lipinski definition) is 5. The highest BCUT2D eigenvalue weighted by Gasteiger charge is 2.41. The molecule has 0 bridgehead atoms. The summed E-state index contributed by atoms with van der Waals surface area (Å²) in [6.45, 7) is -2.28. The van der Waals surface area contributed by atoms with Crippen molar-refractivity contribution in [3.63, 3.8) is 0 Å². The molecule has 0 amide bonds. The highest BCUT2D eigenvalue weighted by Crippen LogP contribution is 2.40. The number of ether oxygens (including phenoxy) is 1. The zero-order valence-electron chi connectivity index (χ0n) is 15.7. The smallest absolute Gasteiger partial charge is 0.387 e. The molecular weight excluding hydrogens is 362 g/mol. The number of guanidine groups is 1. The standard InChI is InChI=1S/C21H24F2N4O/c1-27-13-21(26-20(27)24,14-8-10-18(11-9-14)28-19(22)23)15-4-2-7-17(12-15)25-16-5-3-6-16/h2,4,7-12,16,19,25H,3,5-6,13H2,1H3,(H2,24,26). The van der Waals surface area contributed by atoms with Crippen LogP contribution in [0.1, 0.15) is 30.4 Å². The minimum atomic E-state index is -2.85. The Bertz CT molecular complexity index is 867. The minimum absolute atomic E-state index is 0.123. The summed E-state index contributed by atoms with van der Waals surface area (Å²) in [7, 11) is 1.89. The lowest BCUT2D eigenvalue weighted by molar-refractivity contribution is -0.0498. The summed E-state index contributed by atoms with van der Waals surface area (Å²) >= 11 is 0.